The number of hydrogen-bond donors (Lipinski definition) is 0. The first-order chi connectivity index (χ1) is 40.2. The van der Waals surface area contributed by atoms with Gasteiger partial charge >= 0.3 is 5.97 Å². The van der Waals surface area contributed by atoms with E-state index in [4.69, 9.17) is 56.6 Å². The van der Waals surface area contributed by atoms with Crippen molar-refractivity contribution >= 4 is 39.7 Å². The molecule has 1 saturated heterocycles. The smallest absolute Gasteiger partial charge is 0.333 e. The van der Waals surface area contributed by atoms with Crippen LogP contribution in [0.2, 0.25) is 0 Å². The van der Waals surface area contributed by atoms with Crippen LogP contribution in [-0.4, -0.2) is 189 Å². The Morgan fingerprint density at radius 2 is 1.20 bits per heavy atom. The lowest BCUT2D eigenvalue weighted by Crippen LogP contribution is -2.36. The Morgan fingerprint density at radius 3 is 1.73 bits per heavy atom. The minimum absolute atomic E-state index is 0.0161. The summed E-state index contributed by atoms with van der Waals surface area (Å²) in [7, 11) is -1.48. The van der Waals surface area contributed by atoms with Crippen LogP contribution in [-0.2, 0) is 82.1 Å². The average Bonchev–Trinajstić information content (AvgIpc) is 3.89. The van der Waals surface area contributed by atoms with Crippen molar-refractivity contribution in [1.82, 2.24) is 9.64 Å². The van der Waals surface area contributed by atoms with E-state index in [1.807, 2.05) is 69.3 Å². The monoisotopic (exact) mass is 1180 g/mol. The molecule has 0 N–H and O–H groups in total. The molecular weight excluding hydrogens is 1090 g/mol. The van der Waals surface area contributed by atoms with E-state index in [9.17, 15) is 27.4 Å². The van der Waals surface area contributed by atoms with Crippen molar-refractivity contribution in [2.75, 3.05) is 158 Å². The first-order valence-electron chi connectivity index (χ1n) is 28.4. The van der Waals surface area contributed by atoms with Crippen LogP contribution in [0, 0.1) is 6.92 Å². The van der Waals surface area contributed by atoms with Crippen LogP contribution in [0.25, 0.3) is 28.7 Å². The van der Waals surface area contributed by atoms with Gasteiger partial charge in [0.1, 0.15) is 34.9 Å². The van der Waals surface area contributed by atoms with Crippen molar-refractivity contribution in [1.29, 1.82) is 0 Å². The zero-order chi connectivity index (χ0) is 59.3. The molecule has 83 heavy (non-hydrogen) atoms. The summed E-state index contributed by atoms with van der Waals surface area (Å²) in [6.45, 7) is 16.0. The summed E-state index contributed by atoms with van der Waals surface area (Å²) >= 11 is 0. The van der Waals surface area contributed by atoms with Gasteiger partial charge in [0.15, 0.2) is 13.1 Å². The number of imide groups is 1. The van der Waals surface area contributed by atoms with E-state index < -0.39 is 33.3 Å². The Bertz CT molecular complexity index is 2820. The zero-order valence-electron chi connectivity index (χ0n) is 48.8. The molecule has 0 unspecified atom stereocenters. The SMILES string of the molecule is COCCOCCOCCOCCOCC[N+](CCOCCOCCOCCOCCOC)=c1ccc2c(/C=C/C=C3\N(CCCCCC(=O)ON4C(=O)CCC4=O)c4ccc(S(=O)(=O)[O-])cc4C3(C)C)c(C)c(-c3ccccc3)oc-2c1. The highest BCUT2D eigenvalue weighted by molar-refractivity contribution is 7.85. The number of hydrogen-bond acceptors (Lipinski definition) is 19. The molecule has 1 fully saturated rings. The molecule has 0 spiro atoms. The number of fused-ring (bicyclic) bond motifs is 2. The predicted molar refractivity (Wildman–Crippen MR) is 308 cm³/mol. The predicted octanol–water partition coefficient (Wildman–Crippen LogP) is 6.32. The summed E-state index contributed by atoms with van der Waals surface area (Å²) in [5.41, 5.74) is 5.22. The van der Waals surface area contributed by atoms with Crippen LogP contribution in [0.15, 0.2) is 93.9 Å². The van der Waals surface area contributed by atoms with Crippen molar-refractivity contribution < 1.29 is 84.0 Å². The van der Waals surface area contributed by atoms with E-state index >= 15 is 0 Å². The maximum absolute atomic E-state index is 12.6. The van der Waals surface area contributed by atoms with Gasteiger partial charge in [0.25, 0.3) is 11.8 Å². The Morgan fingerprint density at radius 1 is 0.675 bits per heavy atom. The van der Waals surface area contributed by atoms with E-state index in [0.29, 0.717) is 180 Å². The molecule has 2 aromatic rings. The van der Waals surface area contributed by atoms with Crippen molar-refractivity contribution in [2.24, 2.45) is 0 Å². The second-order valence-electron chi connectivity index (χ2n) is 20.1. The molecule has 3 aliphatic heterocycles. The highest BCUT2D eigenvalue weighted by atomic mass is 32.2. The largest absolute Gasteiger partial charge is 0.744 e. The lowest BCUT2D eigenvalue weighted by molar-refractivity contribution is -0.197. The van der Waals surface area contributed by atoms with E-state index in [-0.39, 0.29) is 24.2 Å². The maximum Gasteiger partial charge on any atom is 0.333 e. The van der Waals surface area contributed by atoms with Crippen LogP contribution < -0.4 is 14.8 Å². The maximum atomic E-state index is 12.6. The zero-order valence-corrected chi connectivity index (χ0v) is 49.6. The third-order valence-corrected chi connectivity index (χ3v) is 14.7. The molecule has 0 saturated carbocycles. The van der Waals surface area contributed by atoms with E-state index in [1.54, 1.807) is 20.3 Å². The van der Waals surface area contributed by atoms with Gasteiger partial charge in [-0.25, -0.2) is 17.8 Å². The van der Waals surface area contributed by atoms with Crippen molar-refractivity contribution in [2.45, 2.75) is 69.6 Å². The number of ether oxygens (including phenoxy) is 10. The summed E-state index contributed by atoms with van der Waals surface area (Å²) in [4.78, 5) is 43.4. The van der Waals surface area contributed by atoms with E-state index in [1.165, 1.54) is 12.1 Å². The molecule has 0 bridgehead atoms. The fourth-order valence-electron chi connectivity index (χ4n) is 9.44. The number of nitrogens with zero attached hydrogens (tertiary/aromatic N) is 3. The number of amides is 2. The molecule has 1 aliphatic carbocycles. The van der Waals surface area contributed by atoms with Crippen molar-refractivity contribution in [3.05, 3.63) is 107 Å². The molecular formula is C61H83N3O18S. The van der Waals surface area contributed by atoms with Gasteiger partial charge in [-0.1, -0.05) is 62.8 Å². The summed E-state index contributed by atoms with van der Waals surface area (Å²) in [6, 6.07) is 20.6. The molecule has 2 amide bonds. The minimum atomic E-state index is -4.74. The van der Waals surface area contributed by atoms with Gasteiger partial charge < -0.3 is 66.1 Å². The molecule has 456 valence electrons. The Balaban J connectivity index is 1.20. The molecule has 21 nitrogen and oxygen atoms in total. The van der Waals surface area contributed by atoms with Crippen LogP contribution in [0.3, 0.4) is 0 Å². The molecule has 2 aromatic carbocycles. The Labute approximate surface area is 488 Å². The fourth-order valence-corrected chi connectivity index (χ4v) is 9.94. The standard InChI is InChI=1S/C61H83N3O18S/c1-47-51(15-12-16-56-61(2,3)53-46-50(83(68,69)70)19-21-54(53)63(56)24-11-7-10-17-59(67)82-64-57(65)22-23-58(64)66)52-20-18-49(45-55(52)81-60(47)48-13-8-6-9-14-48)62(25-27-73-33-35-77-41-43-79-39-37-75-31-29-71-4)26-28-74-34-36-78-42-44-80-40-38-76-32-30-72-5/h6,8-9,12-16,18-21,45-46H,7,10-11,17,22-44H2,1-5H3. The van der Waals surface area contributed by atoms with E-state index in [2.05, 4.69) is 27.7 Å². The van der Waals surface area contributed by atoms with Gasteiger partial charge in [0, 0.05) is 79.6 Å². The number of methoxy groups -OCH3 is 2. The van der Waals surface area contributed by atoms with Gasteiger partial charge in [-0.15, -0.1) is 5.06 Å². The minimum Gasteiger partial charge on any atom is -0.744 e. The third kappa shape index (κ3) is 21.1. The van der Waals surface area contributed by atoms with E-state index in [0.717, 1.165) is 39.0 Å². The third-order valence-electron chi connectivity index (χ3n) is 13.9. The average molecular weight is 1180 g/mol. The molecule has 22 heteroatoms. The van der Waals surface area contributed by atoms with Crippen LogP contribution in [0.1, 0.15) is 69.1 Å². The lowest BCUT2D eigenvalue weighted by atomic mass is 9.83. The summed E-state index contributed by atoms with van der Waals surface area (Å²) in [5.74, 6) is -0.362. The number of hydroxylamine groups is 2. The van der Waals surface area contributed by atoms with Gasteiger partial charge in [0.2, 0.25) is 5.36 Å². The number of carbonyl (C=O) groups excluding carboxylic acids is 3. The van der Waals surface area contributed by atoms with Gasteiger partial charge in [-0.05, 0) is 61.2 Å². The Hall–Kier alpha value is -5.73. The quantitative estimate of drug-likeness (QED) is 0.0205. The number of rotatable bonds is 41. The molecule has 0 atom stereocenters. The number of benzene rings is 3. The first-order valence-corrected chi connectivity index (χ1v) is 29.8. The lowest BCUT2D eigenvalue weighted by Gasteiger charge is -2.27. The molecule has 0 aromatic heterocycles. The van der Waals surface area contributed by atoms with Gasteiger partial charge in [0.05, 0.1) is 117 Å². The normalized spacial score (nSPS) is 14.7. The van der Waals surface area contributed by atoms with Crippen LogP contribution in [0.5, 0.6) is 0 Å². The second-order valence-corrected chi connectivity index (χ2v) is 21.4. The first kappa shape index (κ1) is 66.4. The van der Waals surface area contributed by atoms with Crippen LogP contribution >= 0.6 is 0 Å². The molecule has 6 rings (SSSR count). The molecule has 0 radical (unpaired) electrons. The number of carbonyl (C=O) groups is 3. The highest BCUT2D eigenvalue weighted by Gasteiger charge is 2.40. The summed E-state index contributed by atoms with van der Waals surface area (Å²) in [6.07, 6.45) is 7.79. The summed E-state index contributed by atoms with van der Waals surface area (Å²) < 4.78 is 101. The van der Waals surface area contributed by atoms with Crippen molar-refractivity contribution in [3.8, 4) is 22.6 Å². The number of anilines is 1. The number of unbranched alkanes of at least 4 members (excludes halogenated alkanes) is 2. The molecule has 3 heterocycles. The van der Waals surface area contributed by atoms with Crippen LogP contribution in [0.4, 0.5) is 5.69 Å². The van der Waals surface area contributed by atoms with Gasteiger partial charge in [-0.3, -0.25) is 9.59 Å². The topological polar surface area (TPSA) is 233 Å². The highest BCUT2D eigenvalue weighted by Crippen LogP contribution is 2.49. The van der Waals surface area contributed by atoms with Crippen molar-refractivity contribution in [3.63, 3.8) is 0 Å². The fraction of sp³-hybridized carbons (Fsp3) is 0.541. The number of allylic oxidation sites excluding steroid dienone is 3. The summed E-state index contributed by atoms with van der Waals surface area (Å²) in [5, 5.41) is 1.46. The Kier molecular flexibility index (Phi) is 28.4. The molecule has 4 aliphatic rings. The van der Waals surface area contributed by atoms with Gasteiger partial charge in [-0.2, -0.15) is 0 Å². The second kappa shape index (κ2) is 35.5.